The maximum atomic E-state index is 13.2. The summed E-state index contributed by atoms with van der Waals surface area (Å²) in [6, 6.07) is 21.1. The highest BCUT2D eigenvalue weighted by molar-refractivity contribution is 5.89. The molecule has 2 atom stereocenters. The van der Waals surface area contributed by atoms with E-state index in [-0.39, 0.29) is 11.6 Å². The van der Waals surface area contributed by atoms with Gasteiger partial charge in [0.25, 0.3) is 0 Å². The lowest BCUT2D eigenvalue weighted by atomic mass is 9.90. The molecule has 190 valence electrons. The summed E-state index contributed by atoms with van der Waals surface area (Å²) in [6.07, 6.45) is 2.66. The van der Waals surface area contributed by atoms with Crippen molar-refractivity contribution < 1.29 is 18.7 Å². The number of amides is 2. The second-order valence-electron chi connectivity index (χ2n) is 9.54. The second-order valence-corrected chi connectivity index (χ2v) is 9.54. The van der Waals surface area contributed by atoms with Gasteiger partial charge in [-0.1, -0.05) is 42.5 Å². The van der Waals surface area contributed by atoms with Crippen molar-refractivity contribution in [1.82, 2.24) is 10.2 Å². The fourth-order valence-corrected chi connectivity index (χ4v) is 4.74. The zero-order valence-corrected chi connectivity index (χ0v) is 20.2. The van der Waals surface area contributed by atoms with Gasteiger partial charge >= 0.3 is 6.03 Å². The zero-order valence-electron chi connectivity index (χ0n) is 20.2. The lowest BCUT2D eigenvalue weighted by Crippen LogP contribution is -2.51. The number of nitrogens with one attached hydrogen (secondary N) is 2. The van der Waals surface area contributed by atoms with Crippen LogP contribution in [0.25, 0.3) is 0 Å². The monoisotopic (exact) mass is 493 g/mol. The molecule has 0 aliphatic carbocycles. The SMILES string of the molecule is O=C(Nc1ccc(F)cc1)N[C@H](Cc1ccccc1)[C@H](O)CN1CCC(Cc2ccc(F)cc2)CC1. The molecule has 1 heterocycles. The van der Waals surface area contributed by atoms with E-state index in [1.807, 2.05) is 42.5 Å². The van der Waals surface area contributed by atoms with Gasteiger partial charge in [-0.15, -0.1) is 0 Å². The Bertz CT molecular complexity index is 1090. The molecule has 0 bridgehead atoms. The molecule has 1 aliphatic heterocycles. The Hall–Kier alpha value is -3.29. The molecular formula is C29H33F2N3O2. The first kappa shape index (κ1) is 25.8. The van der Waals surface area contributed by atoms with Crippen LogP contribution < -0.4 is 10.6 Å². The van der Waals surface area contributed by atoms with Gasteiger partial charge in [0.2, 0.25) is 0 Å². The number of carbonyl (C=O) groups is 1. The number of piperidine rings is 1. The summed E-state index contributed by atoms with van der Waals surface area (Å²) in [7, 11) is 0. The molecule has 1 fully saturated rings. The Morgan fingerprint density at radius 3 is 2.14 bits per heavy atom. The summed E-state index contributed by atoms with van der Waals surface area (Å²) in [5, 5.41) is 16.8. The lowest BCUT2D eigenvalue weighted by Gasteiger charge is -2.35. The van der Waals surface area contributed by atoms with Gasteiger partial charge in [0.05, 0.1) is 12.1 Å². The minimum atomic E-state index is -0.766. The molecular weight excluding hydrogens is 460 g/mol. The molecule has 4 rings (SSSR count). The van der Waals surface area contributed by atoms with Gasteiger partial charge in [0.15, 0.2) is 0 Å². The molecule has 3 aromatic carbocycles. The summed E-state index contributed by atoms with van der Waals surface area (Å²) >= 11 is 0. The van der Waals surface area contributed by atoms with Crippen molar-refractivity contribution in [2.75, 3.05) is 25.0 Å². The maximum Gasteiger partial charge on any atom is 0.319 e. The van der Waals surface area contributed by atoms with Gasteiger partial charge in [-0.2, -0.15) is 0 Å². The van der Waals surface area contributed by atoms with E-state index in [1.165, 1.54) is 36.4 Å². The number of hydrogen-bond donors (Lipinski definition) is 3. The van der Waals surface area contributed by atoms with Gasteiger partial charge in [-0.25, -0.2) is 13.6 Å². The first-order valence-electron chi connectivity index (χ1n) is 12.5. The number of β-amino-alcohol motifs (C(OH)–C–C–N with tert-alkyl or cyclic N) is 1. The van der Waals surface area contributed by atoms with Crippen LogP contribution in [0.15, 0.2) is 78.9 Å². The molecule has 0 radical (unpaired) electrons. The van der Waals surface area contributed by atoms with Crippen LogP contribution in [-0.4, -0.2) is 47.8 Å². The number of halogens is 2. The fraction of sp³-hybridized carbons (Fsp3) is 0.345. The number of aliphatic hydroxyl groups excluding tert-OH is 1. The molecule has 7 heteroatoms. The molecule has 3 N–H and O–H groups in total. The molecule has 0 unspecified atom stereocenters. The summed E-state index contributed by atoms with van der Waals surface area (Å²) in [6.45, 7) is 2.18. The molecule has 1 saturated heterocycles. The molecule has 0 aromatic heterocycles. The predicted octanol–water partition coefficient (Wildman–Crippen LogP) is 5.01. The number of nitrogens with zero attached hydrogens (tertiary/aromatic N) is 1. The van der Waals surface area contributed by atoms with Crippen molar-refractivity contribution in [3.63, 3.8) is 0 Å². The minimum absolute atomic E-state index is 0.215. The highest BCUT2D eigenvalue weighted by Gasteiger charge is 2.27. The predicted molar refractivity (Wildman–Crippen MR) is 138 cm³/mol. The van der Waals surface area contributed by atoms with Crippen molar-refractivity contribution in [2.24, 2.45) is 5.92 Å². The normalized spacial score (nSPS) is 16.3. The van der Waals surface area contributed by atoms with Crippen molar-refractivity contribution in [3.05, 3.63) is 102 Å². The Labute approximate surface area is 211 Å². The molecule has 0 spiro atoms. The van der Waals surface area contributed by atoms with Crippen LogP contribution in [-0.2, 0) is 12.8 Å². The number of rotatable bonds is 9. The van der Waals surface area contributed by atoms with Gasteiger partial charge in [0, 0.05) is 12.2 Å². The molecule has 1 aliphatic rings. The van der Waals surface area contributed by atoms with Gasteiger partial charge < -0.3 is 20.6 Å². The third-order valence-electron chi connectivity index (χ3n) is 6.77. The van der Waals surface area contributed by atoms with Crippen LogP contribution in [0.1, 0.15) is 24.0 Å². The Balaban J connectivity index is 1.32. The van der Waals surface area contributed by atoms with E-state index in [9.17, 15) is 18.7 Å². The van der Waals surface area contributed by atoms with Crippen molar-refractivity contribution in [2.45, 2.75) is 37.8 Å². The first-order valence-corrected chi connectivity index (χ1v) is 12.5. The van der Waals surface area contributed by atoms with Gasteiger partial charge in [-0.3, -0.25) is 0 Å². The van der Waals surface area contributed by atoms with Gasteiger partial charge in [0.1, 0.15) is 11.6 Å². The molecule has 0 saturated carbocycles. The highest BCUT2D eigenvalue weighted by Crippen LogP contribution is 2.22. The number of hydrogen-bond acceptors (Lipinski definition) is 3. The quantitative estimate of drug-likeness (QED) is 0.393. The van der Waals surface area contributed by atoms with E-state index < -0.39 is 18.2 Å². The van der Waals surface area contributed by atoms with Crippen LogP contribution in [0.5, 0.6) is 0 Å². The molecule has 2 amide bonds. The summed E-state index contributed by atoms with van der Waals surface area (Å²) in [4.78, 5) is 14.9. The summed E-state index contributed by atoms with van der Waals surface area (Å²) < 4.78 is 26.3. The van der Waals surface area contributed by atoms with E-state index in [4.69, 9.17) is 0 Å². The Kier molecular flexibility index (Phi) is 9.03. The number of likely N-dealkylation sites (tertiary alicyclic amines) is 1. The van der Waals surface area contributed by atoms with Crippen molar-refractivity contribution >= 4 is 11.7 Å². The summed E-state index contributed by atoms with van der Waals surface area (Å²) in [5.74, 6) is -0.0593. The second kappa shape index (κ2) is 12.6. The topological polar surface area (TPSA) is 64.6 Å². The van der Waals surface area contributed by atoms with E-state index >= 15 is 0 Å². The van der Waals surface area contributed by atoms with Gasteiger partial charge in [-0.05, 0) is 92.2 Å². The Morgan fingerprint density at radius 1 is 0.889 bits per heavy atom. The van der Waals surface area contributed by atoms with Crippen molar-refractivity contribution in [3.8, 4) is 0 Å². The Morgan fingerprint density at radius 2 is 1.50 bits per heavy atom. The molecule has 5 nitrogen and oxygen atoms in total. The van der Waals surface area contributed by atoms with Crippen LogP contribution in [0.4, 0.5) is 19.3 Å². The highest BCUT2D eigenvalue weighted by atomic mass is 19.1. The number of aliphatic hydroxyl groups is 1. The minimum Gasteiger partial charge on any atom is -0.390 e. The number of urea groups is 1. The standard InChI is InChI=1S/C29H33F2N3O2/c30-24-8-6-22(7-9-24)18-23-14-16-34(17-15-23)20-28(35)27(19-21-4-2-1-3-5-21)33-29(36)32-26-12-10-25(31)11-13-26/h1-13,23,27-28,35H,14-20H2,(H2,32,33,36)/t27-,28-/m1/s1. The average molecular weight is 494 g/mol. The largest absolute Gasteiger partial charge is 0.390 e. The van der Waals surface area contributed by atoms with Crippen molar-refractivity contribution in [1.29, 1.82) is 0 Å². The third-order valence-corrected chi connectivity index (χ3v) is 6.77. The van der Waals surface area contributed by atoms with E-state index in [2.05, 4.69) is 15.5 Å². The number of benzene rings is 3. The van der Waals surface area contributed by atoms with E-state index in [0.29, 0.717) is 24.6 Å². The van der Waals surface area contributed by atoms with E-state index in [1.54, 1.807) is 0 Å². The smallest absolute Gasteiger partial charge is 0.319 e. The molecule has 36 heavy (non-hydrogen) atoms. The van der Waals surface area contributed by atoms with Crippen LogP contribution in [0.3, 0.4) is 0 Å². The number of carbonyl (C=O) groups excluding carboxylic acids is 1. The number of anilines is 1. The van der Waals surface area contributed by atoms with Crippen LogP contribution >= 0.6 is 0 Å². The van der Waals surface area contributed by atoms with Crippen LogP contribution in [0, 0.1) is 17.6 Å². The zero-order chi connectivity index (χ0) is 25.3. The first-order chi connectivity index (χ1) is 17.4. The van der Waals surface area contributed by atoms with E-state index in [0.717, 1.165) is 43.5 Å². The summed E-state index contributed by atoms with van der Waals surface area (Å²) in [5.41, 5.74) is 2.64. The van der Waals surface area contributed by atoms with Crippen LogP contribution in [0.2, 0.25) is 0 Å². The average Bonchev–Trinajstić information content (AvgIpc) is 2.88. The maximum absolute atomic E-state index is 13.2. The fourth-order valence-electron chi connectivity index (χ4n) is 4.74. The third kappa shape index (κ3) is 7.86. The lowest BCUT2D eigenvalue weighted by molar-refractivity contribution is 0.0659. The molecule has 3 aromatic rings.